The van der Waals surface area contributed by atoms with E-state index in [1.54, 1.807) is 14.2 Å². The molecule has 0 bridgehead atoms. The second-order valence-electron chi connectivity index (χ2n) is 4.28. The van der Waals surface area contributed by atoms with Crippen molar-refractivity contribution in [1.29, 1.82) is 0 Å². The van der Waals surface area contributed by atoms with Crippen molar-refractivity contribution in [3.05, 3.63) is 23.8 Å². The standard InChI is InChI=1S/C13H18O4/c1-15-11-4-3-9(6-12(11)16-2)5-10-7-13(14)17-8-10/h3-4,6,10,13-14H,5,7-8H2,1-2H3. The second kappa shape index (κ2) is 5.38. The molecule has 1 N–H and O–H groups in total. The molecule has 1 aliphatic rings. The average molecular weight is 238 g/mol. The number of aliphatic hydroxyl groups excluding tert-OH is 1. The van der Waals surface area contributed by atoms with Gasteiger partial charge in [-0.05, 0) is 30.0 Å². The molecule has 4 nitrogen and oxygen atoms in total. The van der Waals surface area contributed by atoms with Crippen LogP contribution in [-0.4, -0.2) is 32.2 Å². The van der Waals surface area contributed by atoms with Crippen LogP contribution in [0.25, 0.3) is 0 Å². The van der Waals surface area contributed by atoms with Crippen LogP contribution >= 0.6 is 0 Å². The summed E-state index contributed by atoms with van der Waals surface area (Å²) >= 11 is 0. The van der Waals surface area contributed by atoms with Gasteiger partial charge in [0.25, 0.3) is 0 Å². The zero-order valence-corrected chi connectivity index (χ0v) is 10.2. The Bertz CT molecular complexity index is 378. The Morgan fingerprint density at radius 1 is 1.29 bits per heavy atom. The van der Waals surface area contributed by atoms with E-state index in [-0.39, 0.29) is 0 Å². The fourth-order valence-electron chi connectivity index (χ4n) is 2.15. The third kappa shape index (κ3) is 2.90. The molecule has 0 saturated carbocycles. The van der Waals surface area contributed by atoms with Crippen molar-refractivity contribution in [3.63, 3.8) is 0 Å². The fourth-order valence-corrected chi connectivity index (χ4v) is 2.15. The molecule has 1 aromatic carbocycles. The van der Waals surface area contributed by atoms with Crippen LogP contribution in [0.15, 0.2) is 18.2 Å². The van der Waals surface area contributed by atoms with Crippen molar-refractivity contribution in [2.75, 3.05) is 20.8 Å². The van der Waals surface area contributed by atoms with E-state index in [0.29, 0.717) is 18.9 Å². The molecule has 4 heteroatoms. The van der Waals surface area contributed by atoms with E-state index in [4.69, 9.17) is 14.2 Å². The van der Waals surface area contributed by atoms with Crippen LogP contribution in [0.3, 0.4) is 0 Å². The monoisotopic (exact) mass is 238 g/mol. The van der Waals surface area contributed by atoms with Crippen molar-refractivity contribution in [2.45, 2.75) is 19.1 Å². The lowest BCUT2D eigenvalue weighted by Gasteiger charge is -2.11. The fraction of sp³-hybridized carbons (Fsp3) is 0.538. The molecule has 1 heterocycles. The molecule has 0 aliphatic carbocycles. The van der Waals surface area contributed by atoms with E-state index >= 15 is 0 Å². The number of methoxy groups -OCH3 is 2. The highest BCUT2D eigenvalue weighted by Gasteiger charge is 2.23. The Balaban J connectivity index is 2.06. The zero-order chi connectivity index (χ0) is 12.3. The third-order valence-electron chi connectivity index (χ3n) is 3.03. The number of rotatable bonds is 4. The molecular formula is C13H18O4. The normalized spacial score (nSPS) is 23.7. The van der Waals surface area contributed by atoms with Gasteiger partial charge in [-0.3, -0.25) is 0 Å². The number of hydrogen-bond donors (Lipinski definition) is 1. The maximum atomic E-state index is 9.29. The van der Waals surface area contributed by atoms with Crippen LogP contribution in [0.5, 0.6) is 11.5 Å². The SMILES string of the molecule is COc1ccc(CC2COC(O)C2)cc1OC. The first-order valence-electron chi connectivity index (χ1n) is 5.73. The lowest BCUT2D eigenvalue weighted by atomic mass is 9.98. The predicted molar refractivity (Wildman–Crippen MR) is 63.3 cm³/mol. The summed E-state index contributed by atoms with van der Waals surface area (Å²) in [7, 11) is 3.25. The first-order chi connectivity index (χ1) is 8.22. The molecule has 94 valence electrons. The van der Waals surface area contributed by atoms with Gasteiger partial charge in [0.2, 0.25) is 0 Å². The Morgan fingerprint density at radius 3 is 2.65 bits per heavy atom. The summed E-state index contributed by atoms with van der Waals surface area (Å²) in [5, 5.41) is 9.29. The summed E-state index contributed by atoms with van der Waals surface area (Å²) in [5.74, 6) is 1.85. The van der Waals surface area contributed by atoms with E-state index < -0.39 is 6.29 Å². The van der Waals surface area contributed by atoms with Crippen molar-refractivity contribution < 1.29 is 19.3 Å². The van der Waals surface area contributed by atoms with Gasteiger partial charge in [-0.25, -0.2) is 0 Å². The highest BCUT2D eigenvalue weighted by atomic mass is 16.6. The molecule has 0 spiro atoms. The maximum absolute atomic E-state index is 9.29. The molecule has 0 amide bonds. The summed E-state index contributed by atoms with van der Waals surface area (Å²) < 4.78 is 15.6. The zero-order valence-electron chi connectivity index (χ0n) is 10.2. The van der Waals surface area contributed by atoms with Crippen LogP contribution in [0.1, 0.15) is 12.0 Å². The minimum absolute atomic E-state index is 0.378. The number of hydrogen-bond acceptors (Lipinski definition) is 4. The van der Waals surface area contributed by atoms with E-state index in [9.17, 15) is 5.11 Å². The van der Waals surface area contributed by atoms with Crippen LogP contribution in [0, 0.1) is 5.92 Å². The predicted octanol–water partition coefficient (Wildman–Crippen LogP) is 1.60. The number of ether oxygens (including phenoxy) is 3. The minimum Gasteiger partial charge on any atom is -0.493 e. The highest BCUT2D eigenvalue weighted by Crippen LogP contribution is 2.30. The molecule has 2 atom stereocenters. The molecule has 0 aromatic heterocycles. The summed E-state index contributed by atoms with van der Waals surface area (Å²) in [6.07, 6.45) is 0.992. The van der Waals surface area contributed by atoms with Gasteiger partial charge in [0.1, 0.15) is 0 Å². The molecule has 0 radical (unpaired) electrons. The average Bonchev–Trinajstić information content (AvgIpc) is 2.74. The van der Waals surface area contributed by atoms with Crippen molar-refractivity contribution in [1.82, 2.24) is 0 Å². The lowest BCUT2D eigenvalue weighted by Crippen LogP contribution is -2.05. The summed E-state index contributed by atoms with van der Waals surface area (Å²) in [6.45, 7) is 0.621. The highest BCUT2D eigenvalue weighted by molar-refractivity contribution is 5.43. The lowest BCUT2D eigenvalue weighted by molar-refractivity contribution is -0.0591. The van der Waals surface area contributed by atoms with Crippen molar-refractivity contribution in [2.24, 2.45) is 5.92 Å². The van der Waals surface area contributed by atoms with Crippen LogP contribution in [0.4, 0.5) is 0 Å². The molecule has 2 rings (SSSR count). The largest absolute Gasteiger partial charge is 0.493 e. The van der Waals surface area contributed by atoms with Gasteiger partial charge in [0.15, 0.2) is 17.8 Å². The first-order valence-corrected chi connectivity index (χ1v) is 5.73. The van der Waals surface area contributed by atoms with Gasteiger partial charge in [-0.1, -0.05) is 6.07 Å². The summed E-state index contributed by atoms with van der Waals surface area (Å²) in [4.78, 5) is 0. The maximum Gasteiger partial charge on any atom is 0.160 e. The van der Waals surface area contributed by atoms with Crippen LogP contribution in [0.2, 0.25) is 0 Å². The van der Waals surface area contributed by atoms with E-state index in [1.165, 1.54) is 5.56 Å². The molecule has 1 aromatic rings. The van der Waals surface area contributed by atoms with Gasteiger partial charge < -0.3 is 19.3 Å². The third-order valence-corrected chi connectivity index (χ3v) is 3.03. The Hall–Kier alpha value is -1.26. The van der Waals surface area contributed by atoms with E-state index in [1.807, 2.05) is 18.2 Å². The molecule has 1 saturated heterocycles. The molecule has 17 heavy (non-hydrogen) atoms. The molecule has 1 aliphatic heterocycles. The molecular weight excluding hydrogens is 220 g/mol. The topological polar surface area (TPSA) is 47.9 Å². The summed E-state index contributed by atoms with van der Waals surface area (Å²) in [6, 6.07) is 5.90. The molecule has 2 unspecified atom stereocenters. The number of benzene rings is 1. The Morgan fingerprint density at radius 2 is 2.06 bits per heavy atom. The van der Waals surface area contributed by atoms with Gasteiger partial charge in [0, 0.05) is 6.42 Å². The quantitative estimate of drug-likeness (QED) is 0.865. The number of aliphatic hydroxyl groups is 1. The Labute approximate surface area is 101 Å². The van der Waals surface area contributed by atoms with Crippen LogP contribution in [-0.2, 0) is 11.2 Å². The minimum atomic E-state index is -0.597. The van der Waals surface area contributed by atoms with E-state index in [0.717, 1.165) is 17.9 Å². The van der Waals surface area contributed by atoms with Gasteiger partial charge >= 0.3 is 0 Å². The van der Waals surface area contributed by atoms with Crippen molar-refractivity contribution >= 4 is 0 Å². The first kappa shape index (κ1) is 12.2. The van der Waals surface area contributed by atoms with Gasteiger partial charge in [0.05, 0.1) is 20.8 Å². The van der Waals surface area contributed by atoms with Gasteiger partial charge in [-0.2, -0.15) is 0 Å². The van der Waals surface area contributed by atoms with E-state index in [2.05, 4.69) is 0 Å². The smallest absolute Gasteiger partial charge is 0.160 e. The Kier molecular flexibility index (Phi) is 3.86. The van der Waals surface area contributed by atoms with Crippen molar-refractivity contribution in [3.8, 4) is 11.5 Å². The second-order valence-corrected chi connectivity index (χ2v) is 4.28. The van der Waals surface area contributed by atoms with Gasteiger partial charge in [-0.15, -0.1) is 0 Å². The summed E-state index contributed by atoms with van der Waals surface area (Å²) in [5.41, 5.74) is 1.17. The van der Waals surface area contributed by atoms with Crippen LogP contribution < -0.4 is 9.47 Å². The molecule has 1 fully saturated rings.